The maximum atomic E-state index is 6.21. The van der Waals surface area contributed by atoms with Gasteiger partial charge in [-0.25, -0.2) is 4.98 Å². The van der Waals surface area contributed by atoms with Gasteiger partial charge in [-0.1, -0.05) is 102 Å². The molecule has 0 fully saturated rings. The molecule has 1 aliphatic rings. The van der Waals surface area contributed by atoms with Crippen molar-refractivity contribution in [2.24, 2.45) is 0 Å². The van der Waals surface area contributed by atoms with Crippen LogP contribution >= 0.6 is 23.4 Å². The molecule has 4 heteroatoms. The van der Waals surface area contributed by atoms with E-state index in [4.69, 9.17) is 16.6 Å². The average Bonchev–Trinajstić information content (AvgIpc) is 2.96. The molecule has 0 spiro atoms. The Kier molecular flexibility index (Phi) is 5.46. The Labute approximate surface area is 225 Å². The molecule has 0 radical (unpaired) electrons. The lowest BCUT2D eigenvalue weighted by atomic mass is 9.97. The minimum absolute atomic E-state index is 0.715. The molecule has 0 atom stereocenters. The molecule has 1 aliphatic heterocycles. The zero-order chi connectivity index (χ0) is 24.8. The lowest BCUT2D eigenvalue weighted by molar-refractivity contribution is 1.17. The Morgan fingerprint density at radius 1 is 0.568 bits per heavy atom. The summed E-state index contributed by atoms with van der Waals surface area (Å²) in [4.78, 5) is 10.1. The molecule has 0 amide bonds. The van der Waals surface area contributed by atoms with Crippen LogP contribution in [-0.4, -0.2) is 4.98 Å². The van der Waals surface area contributed by atoms with E-state index in [0.717, 1.165) is 39.0 Å². The van der Waals surface area contributed by atoms with E-state index in [1.165, 1.54) is 21.2 Å². The molecule has 0 bridgehead atoms. The second kappa shape index (κ2) is 9.11. The highest BCUT2D eigenvalue weighted by molar-refractivity contribution is 7.99. The van der Waals surface area contributed by atoms with Gasteiger partial charge >= 0.3 is 0 Å². The molecule has 2 nitrogen and oxygen atoms in total. The summed E-state index contributed by atoms with van der Waals surface area (Å²) in [6.45, 7) is 0. The largest absolute Gasteiger partial charge is 0.306 e. The molecule has 6 aromatic rings. The first-order valence-electron chi connectivity index (χ1n) is 12.2. The Hall–Kier alpha value is -4.05. The first kappa shape index (κ1) is 22.2. The second-order valence-corrected chi connectivity index (χ2v) is 10.5. The van der Waals surface area contributed by atoms with Gasteiger partial charge in [-0.2, -0.15) is 0 Å². The van der Waals surface area contributed by atoms with Gasteiger partial charge in [0.1, 0.15) is 0 Å². The van der Waals surface area contributed by atoms with Crippen molar-refractivity contribution < 1.29 is 0 Å². The van der Waals surface area contributed by atoms with Crippen LogP contribution in [0.15, 0.2) is 137 Å². The van der Waals surface area contributed by atoms with Crippen LogP contribution in [0.3, 0.4) is 0 Å². The Morgan fingerprint density at radius 2 is 1.19 bits per heavy atom. The fourth-order valence-corrected chi connectivity index (χ4v) is 6.19. The van der Waals surface area contributed by atoms with Crippen molar-refractivity contribution >= 4 is 51.3 Å². The zero-order valence-electron chi connectivity index (χ0n) is 19.8. The van der Waals surface area contributed by atoms with Crippen molar-refractivity contribution in [3.05, 3.63) is 132 Å². The summed E-state index contributed by atoms with van der Waals surface area (Å²) in [5.74, 6) is 0. The van der Waals surface area contributed by atoms with Crippen molar-refractivity contribution in [3.8, 4) is 22.4 Å². The molecular formula is C33H21ClN2S. The molecule has 0 aliphatic carbocycles. The van der Waals surface area contributed by atoms with Crippen LogP contribution < -0.4 is 4.90 Å². The number of para-hydroxylation sites is 3. The highest BCUT2D eigenvalue weighted by atomic mass is 35.5. The van der Waals surface area contributed by atoms with Gasteiger partial charge in [0, 0.05) is 25.8 Å². The van der Waals surface area contributed by atoms with Gasteiger partial charge in [-0.15, -0.1) is 0 Å². The van der Waals surface area contributed by atoms with Crippen LogP contribution in [0.4, 0.5) is 17.1 Å². The van der Waals surface area contributed by atoms with Crippen LogP contribution in [-0.2, 0) is 0 Å². The fraction of sp³-hybridized carbons (Fsp3) is 0. The van der Waals surface area contributed by atoms with E-state index in [9.17, 15) is 0 Å². The molecule has 1 aromatic heterocycles. The van der Waals surface area contributed by atoms with Gasteiger partial charge in [-0.05, 0) is 59.7 Å². The highest BCUT2D eigenvalue weighted by Crippen LogP contribution is 2.52. The predicted octanol–water partition coefficient (Wildman–Crippen LogP) is 10.2. The number of pyridine rings is 1. The van der Waals surface area contributed by atoms with E-state index in [-0.39, 0.29) is 0 Å². The molecule has 2 heterocycles. The molecule has 176 valence electrons. The third-order valence-corrected chi connectivity index (χ3v) is 8.10. The summed E-state index contributed by atoms with van der Waals surface area (Å²) < 4.78 is 0. The smallest absolute Gasteiger partial charge is 0.0956 e. The average molecular weight is 513 g/mol. The first-order chi connectivity index (χ1) is 18.3. The maximum Gasteiger partial charge on any atom is 0.0956 e. The van der Waals surface area contributed by atoms with Crippen LogP contribution in [0.1, 0.15) is 0 Å². The van der Waals surface area contributed by atoms with Gasteiger partial charge in [0.15, 0.2) is 0 Å². The monoisotopic (exact) mass is 512 g/mol. The van der Waals surface area contributed by atoms with E-state index in [1.807, 2.05) is 36.0 Å². The number of fused-ring (bicyclic) bond motifs is 3. The Balaban J connectivity index is 1.55. The molecule has 0 saturated heterocycles. The van der Waals surface area contributed by atoms with Gasteiger partial charge < -0.3 is 4.90 Å². The number of nitrogens with zero attached hydrogens (tertiary/aromatic N) is 2. The fourth-order valence-electron chi connectivity index (χ4n) is 5.00. The van der Waals surface area contributed by atoms with Gasteiger partial charge in [0.25, 0.3) is 0 Å². The quantitative estimate of drug-likeness (QED) is 0.234. The standard InChI is InChI=1S/C33H21ClN2S/c34-24-19-17-23(18-20-24)27-21-26(22-9-2-1-3-10-22)25-11-8-14-30(33(25)35-27)36-28-12-4-6-15-31(28)37-32-16-7-5-13-29(32)36/h1-21H. The minimum Gasteiger partial charge on any atom is -0.306 e. The summed E-state index contributed by atoms with van der Waals surface area (Å²) in [7, 11) is 0. The van der Waals surface area contributed by atoms with E-state index in [2.05, 4.69) is 108 Å². The van der Waals surface area contributed by atoms with Crippen molar-refractivity contribution in [2.75, 3.05) is 4.90 Å². The molecular weight excluding hydrogens is 492 g/mol. The summed E-state index contributed by atoms with van der Waals surface area (Å²) in [6, 6.07) is 44.3. The molecule has 0 N–H and O–H groups in total. The number of halogens is 1. The minimum atomic E-state index is 0.715. The predicted molar refractivity (Wildman–Crippen MR) is 156 cm³/mol. The maximum absolute atomic E-state index is 6.21. The van der Waals surface area contributed by atoms with Gasteiger partial charge in [0.05, 0.1) is 28.3 Å². The Bertz CT molecular complexity index is 1720. The van der Waals surface area contributed by atoms with E-state index in [0.29, 0.717) is 5.02 Å². The summed E-state index contributed by atoms with van der Waals surface area (Å²) in [6.07, 6.45) is 0. The first-order valence-corrected chi connectivity index (χ1v) is 13.4. The van der Waals surface area contributed by atoms with Crippen LogP contribution in [0.5, 0.6) is 0 Å². The van der Waals surface area contributed by atoms with E-state index in [1.54, 1.807) is 0 Å². The normalized spacial score (nSPS) is 12.3. The number of aromatic nitrogens is 1. The summed E-state index contributed by atoms with van der Waals surface area (Å²) >= 11 is 8.03. The second-order valence-electron chi connectivity index (χ2n) is 8.97. The summed E-state index contributed by atoms with van der Waals surface area (Å²) in [5.41, 5.74) is 8.63. The van der Waals surface area contributed by atoms with Crippen LogP contribution in [0.2, 0.25) is 5.02 Å². The van der Waals surface area contributed by atoms with Crippen molar-refractivity contribution in [2.45, 2.75) is 9.79 Å². The molecule has 5 aromatic carbocycles. The molecule has 0 unspecified atom stereocenters. The molecule has 7 rings (SSSR count). The van der Waals surface area contributed by atoms with E-state index < -0.39 is 0 Å². The molecule has 37 heavy (non-hydrogen) atoms. The van der Waals surface area contributed by atoms with Gasteiger partial charge in [-0.3, -0.25) is 0 Å². The van der Waals surface area contributed by atoms with Crippen LogP contribution in [0, 0.1) is 0 Å². The number of hydrogen-bond acceptors (Lipinski definition) is 3. The topological polar surface area (TPSA) is 16.1 Å². The Morgan fingerprint density at radius 3 is 1.89 bits per heavy atom. The SMILES string of the molecule is Clc1ccc(-c2cc(-c3ccccc3)c3cccc(N4c5ccccc5Sc5ccccc54)c3n2)cc1. The molecule has 0 saturated carbocycles. The van der Waals surface area contributed by atoms with E-state index >= 15 is 0 Å². The summed E-state index contributed by atoms with van der Waals surface area (Å²) in [5, 5.41) is 1.84. The van der Waals surface area contributed by atoms with Crippen molar-refractivity contribution in [1.82, 2.24) is 4.98 Å². The van der Waals surface area contributed by atoms with Crippen LogP contribution in [0.25, 0.3) is 33.3 Å². The lowest BCUT2D eigenvalue weighted by Gasteiger charge is -2.33. The number of hydrogen-bond donors (Lipinski definition) is 0. The number of rotatable bonds is 3. The van der Waals surface area contributed by atoms with Crippen molar-refractivity contribution in [1.29, 1.82) is 0 Å². The zero-order valence-corrected chi connectivity index (χ0v) is 21.4. The van der Waals surface area contributed by atoms with Crippen molar-refractivity contribution in [3.63, 3.8) is 0 Å². The number of benzene rings is 5. The lowest BCUT2D eigenvalue weighted by Crippen LogP contribution is -2.15. The third-order valence-electron chi connectivity index (χ3n) is 6.72. The number of anilines is 3. The highest BCUT2D eigenvalue weighted by Gasteiger charge is 2.26. The third kappa shape index (κ3) is 3.88. The van der Waals surface area contributed by atoms with Gasteiger partial charge in [0.2, 0.25) is 0 Å².